The number of carbonyl (C=O) groups excluding carboxylic acids is 3. The Morgan fingerprint density at radius 2 is 1.83 bits per heavy atom. The van der Waals surface area contributed by atoms with Gasteiger partial charge in [-0.05, 0) is 56.1 Å². The van der Waals surface area contributed by atoms with Crippen molar-refractivity contribution in [2.75, 3.05) is 20.6 Å². The normalized spacial score (nSPS) is 25.4. The molecule has 0 aromatic heterocycles. The number of hydrogen-bond donors (Lipinski definition) is 2. The number of amides is 3. The third-order valence-electron chi connectivity index (χ3n) is 6.96. The molecule has 1 aromatic rings. The van der Waals surface area contributed by atoms with Gasteiger partial charge < -0.3 is 20.3 Å². The third kappa shape index (κ3) is 6.42. The predicted molar refractivity (Wildman–Crippen MR) is 136 cm³/mol. The van der Waals surface area contributed by atoms with E-state index in [9.17, 15) is 14.4 Å². The van der Waals surface area contributed by atoms with Gasteiger partial charge in [-0.2, -0.15) is 0 Å². The van der Waals surface area contributed by atoms with Crippen LogP contribution in [0.15, 0.2) is 30.5 Å². The largest absolute Gasteiger partial charge is 0.488 e. The number of likely N-dealkylation sites (N-methyl/N-ethyl adjacent to an activating group) is 1. The molecule has 4 rings (SSSR count). The molecule has 8 nitrogen and oxygen atoms in total. The first-order chi connectivity index (χ1) is 16.6. The lowest BCUT2D eigenvalue weighted by Gasteiger charge is -2.34. The maximum absolute atomic E-state index is 13.7. The number of fused-ring (bicyclic) bond motifs is 7. The minimum absolute atomic E-state index is 0.0843. The predicted octanol–water partition coefficient (Wildman–Crippen LogP) is 2.64. The fraction of sp³-hybridized carbons (Fsp3) is 0.593. The molecule has 2 N–H and O–H groups in total. The topological polar surface area (TPSA) is 91.0 Å². The molecule has 3 heterocycles. The summed E-state index contributed by atoms with van der Waals surface area (Å²) in [5, 5.41) is 5.76. The maximum Gasteiger partial charge on any atom is 0.247 e. The quantitative estimate of drug-likeness (QED) is 0.648. The SMILES string of the molecule is CC[C@H](C)[C@@H]1NC(=O)[C@@H]2[C@H](CCN2C(=O)[C@H](CC(C)C)N(C)C)Oc2ccc(cc2)/C=C\NC1=O. The van der Waals surface area contributed by atoms with Crippen LogP contribution in [0.2, 0.25) is 0 Å². The van der Waals surface area contributed by atoms with Crippen LogP contribution in [0.3, 0.4) is 0 Å². The molecule has 0 saturated carbocycles. The van der Waals surface area contributed by atoms with Crippen molar-refractivity contribution in [2.24, 2.45) is 11.8 Å². The zero-order valence-electron chi connectivity index (χ0n) is 21.8. The Morgan fingerprint density at radius 3 is 2.43 bits per heavy atom. The van der Waals surface area contributed by atoms with Gasteiger partial charge in [-0.1, -0.05) is 46.2 Å². The molecular weight excluding hydrogens is 444 g/mol. The van der Waals surface area contributed by atoms with Gasteiger partial charge >= 0.3 is 0 Å². The Labute approximate surface area is 209 Å². The van der Waals surface area contributed by atoms with Crippen molar-refractivity contribution in [3.63, 3.8) is 0 Å². The van der Waals surface area contributed by atoms with E-state index in [4.69, 9.17) is 4.74 Å². The fourth-order valence-corrected chi connectivity index (χ4v) is 4.70. The first-order valence-electron chi connectivity index (χ1n) is 12.6. The molecule has 3 amide bonds. The number of nitrogens with zero attached hydrogens (tertiary/aromatic N) is 2. The molecular formula is C27H40N4O4. The Hall–Kier alpha value is -2.87. The van der Waals surface area contributed by atoms with E-state index in [1.165, 1.54) is 0 Å². The summed E-state index contributed by atoms with van der Waals surface area (Å²) in [6, 6.07) is 5.59. The summed E-state index contributed by atoms with van der Waals surface area (Å²) in [6.07, 6.45) is 4.82. The van der Waals surface area contributed by atoms with Crippen molar-refractivity contribution in [3.8, 4) is 5.75 Å². The average Bonchev–Trinajstić information content (AvgIpc) is 3.23. The number of carbonyl (C=O) groups is 3. The molecule has 3 aliphatic rings. The molecule has 5 atom stereocenters. The van der Waals surface area contributed by atoms with Crippen molar-refractivity contribution < 1.29 is 19.1 Å². The van der Waals surface area contributed by atoms with Crippen molar-refractivity contribution in [2.45, 2.75) is 71.2 Å². The molecule has 0 spiro atoms. The summed E-state index contributed by atoms with van der Waals surface area (Å²) in [5.74, 6) is 0.157. The van der Waals surface area contributed by atoms with Crippen molar-refractivity contribution >= 4 is 23.8 Å². The zero-order chi connectivity index (χ0) is 25.7. The smallest absolute Gasteiger partial charge is 0.247 e. The van der Waals surface area contributed by atoms with Crippen LogP contribution in [0.5, 0.6) is 5.75 Å². The van der Waals surface area contributed by atoms with Crippen LogP contribution >= 0.6 is 0 Å². The summed E-state index contributed by atoms with van der Waals surface area (Å²) in [6.45, 7) is 8.51. The van der Waals surface area contributed by atoms with E-state index >= 15 is 0 Å². The zero-order valence-corrected chi connectivity index (χ0v) is 21.8. The van der Waals surface area contributed by atoms with E-state index in [2.05, 4.69) is 24.5 Å². The average molecular weight is 485 g/mol. The van der Waals surface area contributed by atoms with Crippen molar-refractivity contribution in [3.05, 3.63) is 36.0 Å². The van der Waals surface area contributed by atoms with E-state index in [1.54, 1.807) is 17.2 Å². The molecule has 192 valence electrons. The molecule has 1 fully saturated rings. The van der Waals surface area contributed by atoms with Gasteiger partial charge in [-0.25, -0.2) is 0 Å². The number of benzene rings is 1. The summed E-state index contributed by atoms with van der Waals surface area (Å²) < 4.78 is 6.26. The molecule has 2 bridgehead atoms. The van der Waals surface area contributed by atoms with Gasteiger partial charge in [-0.3, -0.25) is 19.3 Å². The monoisotopic (exact) mass is 484 g/mol. The second-order valence-corrected chi connectivity index (χ2v) is 10.3. The minimum atomic E-state index is -0.824. The lowest BCUT2D eigenvalue weighted by molar-refractivity contribution is -0.145. The number of hydrogen-bond acceptors (Lipinski definition) is 5. The van der Waals surface area contributed by atoms with Gasteiger partial charge in [0.2, 0.25) is 17.7 Å². The van der Waals surface area contributed by atoms with E-state index in [0.717, 1.165) is 5.56 Å². The lowest BCUT2D eigenvalue weighted by Crippen LogP contribution is -2.59. The van der Waals surface area contributed by atoms with Crippen LogP contribution in [0.4, 0.5) is 0 Å². The van der Waals surface area contributed by atoms with Crippen LogP contribution in [0, 0.1) is 11.8 Å². The summed E-state index contributed by atoms with van der Waals surface area (Å²) >= 11 is 0. The van der Waals surface area contributed by atoms with Crippen LogP contribution in [0.25, 0.3) is 6.08 Å². The fourth-order valence-electron chi connectivity index (χ4n) is 4.70. The van der Waals surface area contributed by atoms with Crippen molar-refractivity contribution in [1.82, 2.24) is 20.4 Å². The molecule has 0 radical (unpaired) electrons. The highest BCUT2D eigenvalue weighted by atomic mass is 16.5. The highest BCUT2D eigenvalue weighted by Gasteiger charge is 2.46. The third-order valence-corrected chi connectivity index (χ3v) is 6.96. The lowest BCUT2D eigenvalue weighted by atomic mass is 9.97. The first kappa shape index (κ1) is 26.7. The van der Waals surface area contributed by atoms with Gasteiger partial charge in [0.15, 0.2) is 0 Å². The standard InChI is InChI=1S/C27H40N4O4/c1-7-18(4)23-25(32)28-14-12-19-8-10-20(11-9-19)35-22-13-15-31(24(22)26(33)29-23)27(34)21(30(5)6)16-17(2)3/h8-12,14,17-18,21-24H,7,13,15-16H2,1-6H3,(H,28,32)(H,29,33)/b14-12-/t18-,21-,22-,23-,24-/m0/s1. The van der Waals surface area contributed by atoms with E-state index in [-0.39, 0.29) is 29.7 Å². The number of rotatable bonds is 6. The molecule has 35 heavy (non-hydrogen) atoms. The van der Waals surface area contributed by atoms with Gasteiger partial charge in [0, 0.05) is 19.2 Å². The van der Waals surface area contributed by atoms with Gasteiger partial charge in [0.25, 0.3) is 0 Å². The molecule has 0 aliphatic carbocycles. The molecule has 1 aromatic carbocycles. The Balaban J connectivity index is 1.99. The highest BCUT2D eigenvalue weighted by Crippen LogP contribution is 2.27. The first-order valence-corrected chi connectivity index (χ1v) is 12.6. The van der Waals surface area contributed by atoms with Gasteiger partial charge in [-0.15, -0.1) is 0 Å². The second kappa shape index (κ2) is 11.7. The number of nitrogens with one attached hydrogen (secondary N) is 2. The molecule has 1 saturated heterocycles. The number of ether oxygens (including phenoxy) is 1. The summed E-state index contributed by atoms with van der Waals surface area (Å²) in [5.41, 5.74) is 0.918. The Morgan fingerprint density at radius 1 is 1.14 bits per heavy atom. The molecule has 0 unspecified atom stereocenters. The van der Waals surface area contributed by atoms with Crippen molar-refractivity contribution in [1.29, 1.82) is 0 Å². The summed E-state index contributed by atoms with van der Waals surface area (Å²) in [7, 11) is 3.78. The minimum Gasteiger partial charge on any atom is -0.488 e. The Bertz CT molecular complexity index is 928. The second-order valence-electron chi connectivity index (χ2n) is 10.3. The van der Waals surface area contributed by atoms with Gasteiger partial charge in [0.05, 0.1) is 6.04 Å². The molecule has 3 aliphatic heterocycles. The van der Waals surface area contributed by atoms with Crippen LogP contribution in [-0.4, -0.2) is 72.4 Å². The summed E-state index contributed by atoms with van der Waals surface area (Å²) in [4.78, 5) is 44.0. The van der Waals surface area contributed by atoms with Crippen LogP contribution < -0.4 is 15.4 Å². The highest BCUT2D eigenvalue weighted by molar-refractivity contribution is 5.94. The van der Waals surface area contributed by atoms with E-state index < -0.39 is 18.2 Å². The van der Waals surface area contributed by atoms with E-state index in [1.807, 2.05) is 57.1 Å². The molecule has 8 heteroatoms. The Kier molecular flexibility index (Phi) is 8.94. The van der Waals surface area contributed by atoms with Crippen LogP contribution in [0.1, 0.15) is 52.5 Å². The van der Waals surface area contributed by atoms with Gasteiger partial charge in [0.1, 0.15) is 23.9 Å². The van der Waals surface area contributed by atoms with E-state index in [0.29, 0.717) is 37.5 Å². The maximum atomic E-state index is 13.7. The number of likely N-dealkylation sites (tertiary alicyclic amines) is 1. The van der Waals surface area contributed by atoms with Crippen LogP contribution in [-0.2, 0) is 14.4 Å².